The number of thioether (sulfide) groups is 1. The topological polar surface area (TPSA) is 38.3 Å². The normalized spacial score (nSPS) is 11.8. The Morgan fingerprint density at radius 3 is 2.59 bits per heavy atom. The van der Waals surface area contributed by atoms with Gasteiger partial charge in [-0.2, -0.15) is 0 Å². The maximum absolute atomic E-state index is 12.3. The largest absolute Gasteiger partial charge is 0.481 e. The number of para-hydroxylation sites is 2. The van der Waals surface area contributed by atoms with Crippen LogP contribution in [-0.2, 0) is 11.2 Å². The second-order valence-electron chi connectivity index (χ2n) is 4.91. The third-order valence-corrected chi connectivity index (χ3v) is 4.19. The van der Waals surface area contributed by atoms with Crippen molar-refractivity contribution in [1.82, 2.24) is 0 Å². The number of benzene rings is 2. The van der Waals surface area contributed by atoms with Crippen LogP contribution in [0.2, 0.25) is 0 Å². The fourth-order valence-electron chi connectivity index (χ4n) is 2.14. The van der Waals surface area contributed by atoms with Gasteiger partial charge < -0.3 is 10.1 Å². The summed E-state index contributed by atoms with van der Waals surface area (Å²) >= 11 is 1.60. The second kappa shape index (κ2) is 7.90. The Bertz CT molecular complexity index is 642. The van der Waals surface area contributed by atoms with Gasteiger partial charge in [0.15, 0.2) is 6.10 Å². The predicted molar refractivity (Wildman–Crippen MR) is 92.8 cm³/mol. The fraction of sp³-hybridized carbons (Fsp3) is 0.278. The smallest absolute Gasteiger partial charge is 0.265 e. The van der Waals surface area contributed by atoms with Gasteiger partial charge in [0.2, 0.25) is 0 Å². The molecule has 0 aromatic heterocycles. The summed E-state index contributed by atoms with van der Waals surface area (Å²) in [4.78, 5) is 13.4. The Morgan fingerprint density at radius 2 is 1.86 bits per heavy atom. The molecule has 22 heavy (non-hydrogen) atoms. The van der Waals surface area contributed by atoms with E-state index in [4.69, 9.17) is 4.74 Å². The molecule has 0 saturated carbocycles. The van der Waals surface area contributed by atoms with Crippen molar-refractivity contribution in [2.75, 3.05) is 11.6 Å². The number of carbonyl (C=O) groups excluding carboxylic acids is 1. The Morgan fingerprint density at radius 1 is 1.18 bits per heavy atom. The Hall–Kier alpha value is -1.94. The van der Waals surface area contributed by atoms with E-state index in [-0.39, 0.29) is 5.91 Å². The maximum atomic E-state index is 12.3. The Labute approximate surface area is 136 Å². The van der Waals surface area contributed by atoms with Crippen molar-refractivity contribution in [3.63, 3.8) is 0 Å². The molecule has 0 bridgehead atoms. The number of carbonyl (C=O) groups is 1. The van der Waals surface area contributed by atoms with Crippen LogP contribution in [0.5, 0.6) is 5.75 Å². The Kier molecular flexibility index (Phi) is 5.90. The van der Waals surface area contributed by atoms with Crippen LogP contribution < -0.4 is 10.1 Å². The number of amides is 1. The zero-order valence-corrected chi connectivity index (χ0v) is 13.9. The van der Waals surface area contributed by atoms with E-state index in [0.29, 0.717) is 0 Å². The van der Waals surface area contributed by atoms with Crippen molar-refractivity contribution in [1.29, 1.82) is 0 Å². The summed E-state index contributed by atoms with van der Waals surface area (Å²) in [5.74, 6) is 0.623. The highest BCUT2D eigenvalue weighted by Gasteiger charge is 2.17. The summed E-state index contributed by atoms with van der Waals surface area (Å²) < 4.78 is 5.83. The first kappa shape index (κ1) is 16.4. The van der Waals surface area contributed by atoms with Crippen molar-refractivity contribution < 1.29 is 9.53 Å². The van der Waals surface area contributed by atoms with Gasteiger partial charge in [0.05, 0.1) is 5.69 Å². The highest BCUT2D eigenvalue weighted by molar-refractivity contribution is 7.98. The number of hydrogen-bond donors (Lipinski definition) is 1. The monoisotopic (exact) mass is 315 g/mol. The molecule has 0 radical (unpaired) electrons. The predicted octanol–water partition coefficient (Wildman–Crippen LogP) is 4.38. The molecule has 1 unspecified atom stereocenters. The molecule has 3 nitrogen and oxygen atoms in total. The van der Waals surface area contributed by atoms with E-state index in [1.165, 1.54) is 0 Å². The van der Waals surface area contributed by atoms with Gasteiger partial charge in [-0.25, -0.2) is 0 Å². The average molecular weight is 315 g/mol. The lowest BCUT2D eigenvalue weighted by Crippen LogP contribution is -2.30. The van der Waals surface area contributed by atoms with E-state index in [1.807, 2.05) is 54.8 Å². The van der Waals surface area contributed by atoms with Crippen LogP contribution in [0, 0.1) is 0 Å². The molecule has 2 aromatic rings. The van der Waals surface area contributed by atoms with Gasteiger partial charge in [-0.05, 0) is 43.4 Å². The second-order valence-corrected chi connectivity index (χ2v) is 5.76. The van der Waals surface area contributed by atoms with Crippen LogP contribution in [0.4, 0.5) is 5.69 Å². The molecule has 0 aliphatic heterocycles. The van der Waals surface area contributed by atoms with E-state index < -0.39 is 6.10 Å². The molecule has 2 rings (SSSR count). The minimum absolute atomic E-state index is 0.146. The number of rotatable bonds is 6. The maximum Gasteiger partial charge on any atom is 0.265 e. The molecule has 0 saturated heterocycles. The van der Waals surface area contributed by atoms with Crippen LogP contribution in [0.1, 0.15) is 19.4 Å². The van der Waals surface area contributed by atoms with Crippen molar-refractivity contribution in [2.45, 2.75) is 31.3 Å². The van der Waals surface area contributed by atoms with Gasteiger partial charge in [0.1, 0.15) is 5.75 Å². The molecule has 0 aliphatic carbocycles. The van der Waals surface area contributed by atoms with Gasteiger partial charge in [0.25, 0.3) is 5.91 Å². The quantitative estimate of drug-likeness (QED) is 0.804. The van der Waals surface area contributed by atoms with E-state index in [0.717, 1.165) is 28.3 Å². The molecule has 0 aliphatic rings. The molecule has 1 N–H and O–H groups in total. The first-order valence-electron chi connectivity index (χ1n) is 7.34. The van der Waals surface area contributed by atoms with Crippen molar-refractivity contribution >= 4 is 23.4 Å². The van der Waals surface area contributed by atoms with Crippen LogP contribution in [-0.4, -0.2) is 18.3 Å². The van der Waals surface area contributed by atoms with Gasteiger partial charge in [-0.1, -0.05) is 37.3 Å². The minimum Gasteiger partial charge on any atom is -0.481 e. The molecule has 0 spiro atoms. The first-order chi connectivity index (χ1) is 10.7. The standard InChI is InChI=1S/C18H21NO2S/c1-4-14-9-5-7-11-16(14)21-13(2)18(20)19-15-10-6-8-12-17(15)22-3/h5-13H,4H2,1-3H3,(H,19,20). The van der Waals surface area contributed by atoms with Crippen LogP contribution in [0.25, 0.3) is 0 Å². The van der Waals surface area contributed by atoms with Gasteiger partial charge in [-0.3, -0.25) is 4.79 Å². The third-order valence-electron chi connectivity index (χ3n) is 3.39. The highest BCUT2D eigenvalue weighted by atomic mass is 32.2. The SMILES string of the molecule is CCc1ccccc1OC(C)C(=O)Nc1ccccc1SC. The number of hydrogen-bond acceptors (Lipinski definition) is 3. The molecular weight excluding hydrogens is 294 g/mol. The summed E-state index contributed by atoms with van der Waals surface area (Å²) in [6, 6.07) is 15.6. The number of aryl methyl sites for hydroxylation is 1. The fourth-order valence-corrected chi connectivity index (χ4v) is 2.69. The summed E-state index contributed by atoms with van der Waals surface area (Å²) in [6.45, 7) is 3.84. The minimum atomic E-state index is -0.553. The van der Waals surface area contributed by atoms with E-state index >= 15 is 0 Å². The summed E-state index contributed by atoms with van der Waals surface area (Å²) in [5, 5.41) is 2.93. The van der Waals surface area contributed by atoms with Gasteiger partial charge in [-0.15, -0.1) is 11.8 Å². The zero-order valence-electron chi connectivity index (χ0n) is 13.1. The number of nitrogens with one attached hydrogen (secondary N) is 1. The Balaban J connectivity index is 2.06. The average Bonchev–Trinajstić information content (AvgIpc) is 2.55. The summed E-state index contributed by atoms with van der Waals surface area (Å²) in [6.07, 6.45) is 2.31. The van der Waals surface area contributed by atoms with Gasteiger partial charge >= 0.3 is 0 Å². The molecule has 4 heteroatoms. The molecule has 116 valence electrons. The van der Waals surface area contributed by atoms with E-state index in [1.54, 1.807) is 18.7 Å². The third kappa shape index (κ3) is 4.04. The lowest BCUT2D eigenvalue weighted by molar-refractivity contribution is -0.122. The van der Waals surface area contributed by atoms with Crippen LogP contribution in [0.15, 0.2) is 53.4 Å². The molecule has 2 aromatic carbocycles. The molecule has 0 heterocycles. The molecular formula is C18H21NO2S. The highest BCUT2D eigenvalue weighted by Crippen LogP contribution is 2.25. The van der Waals surface area contributed by atoms with E-state index in [9.17, 15) is 4.79 Å². The first-order valence-corrected chi connectivity index (χ1v) is 8.56. The van der Waals surface area contributed by atoms with Crippen LogP contribution in [0.3, 0.4) is 0 Å². The summed E-state index contributed by atoms with van der Waals surface area (Å²) in [5.41, 5.74) is 1.92. The van der Waals surface area contributed by atoms with Crippen molar-refractivity contribution in [3.8, 4) is 5.75 Å². The lowest BCUT2D eigenvalue weighted by atomic mass is 10.1. The van der Waals surface area contributed by atoms with Gasteiger partial charge in [0, 0.05) is 4.90 Å². The molecule has 1 atom stereocenters. The van der Waals surface area contributed by atoms with Crippen molar-refractivity contribution in [2.24, 2.45) is 0 Å². The van der Waals surface area contributed by atoms with Crippen molar-refractivity contribution in [3.05, 3.63) is 54.1 Å². The number of anilines is 1. The van der Waals surface area contributed by atoms with Crippen LogP contribution >= 0.6 is 11.8 Å². The summed E-state index contributed by atoms with van der Waals surface area (Å²) in [7, 11) is 0. The number of ether oxygens (including phenoxy) is 1. The lowest BCUT2D eigenvalue weighted by Gasteiger charge is -2.17. The molecule has 1 amide bonds. The zero-order chi connectivity index (χ0) is 15.9. The molecule has 0 fully saturated rings. The van der Waals surface area contributed by atoms with E-state index in [2.05, 4.69) is 12.2 Å².